The van der Waals surface area contributed by atoms with E-state index in [0.717, 1.165) is 16.7 Å². The highest BCUT2D eigenvalue weighted by molar-refractivity contribution is 5.70. The van der Waals surface area contributed by atoms with E-state index in [1.54, 1.807) is 20.8 Å². The maximum Gasteiger partial charge on any atom is 0.411 e. The first-order valence-electron chi connectivity index (χ1n) is 13.2. The standard InChI is InChI=1S/C32H36N2O5/c1-32(2,3)39-31(35)34-27(19-33)29(37-21-25-15-9-5-10-16-25)30(38-22-26-17-11-6-12-18-26)28(34)23-36-20-24-13-7-4-8-14-24/h4-18,27-30H,20-23H2,1-3H3/t27-,28-,29-,30+/m1/s1. The molecule has 0 spiro atoms. The van der Waals surface area contributed by atoms with Crippen molar-refractivity contribution in [2.75, 3.05) is 6.61 Å². The van der Waals surface area contributed by atoms with Gasteiger partial charge in [0.25, 0.3) is 0 Å². The highest BCUT2D eigenvalue weighted by atomic mass is 16.6. The van der Waals surface area contributed by atoms with Gasteiger partial charge in [-0.05, 0) is 37.5 Å². The summed E-state index contributed by atoms with van der Waals surface area (Å²) in [5, 5.41) is 10.3. The van der Waals surface area contributed by atoms with Gasteiger partial charge < -0.3 is 18.9 Å². The molecule has 1 fully saturated rings. The predicted octanol–water partition coefficient (Wildman–Crippen LogP) is 5.89. The Bertz CT molecular complexity index is 1210. The van der Waals surface area contributed by atoms with Crippen LogP contribution in [-0.2, 0) is 38.8 Å². The first kappa shape index (κ1) is 28.3. The zero-order valence-electron chi connectivity index (χ0n) is 22.7. The number of nitrogens with zero attached hydrogens (tertiary/aromatic N) is 2. The molecule has 4 rings (SSSR count). The highest BCUT2D eigenvalue weighted by Crippen LogP contribution is 2.33. The van der Waals surface area contributed by atoms with Crippen LogP contribution in [0.5, 0.6) is 0 Å². The van der Waals surface area contributed by atoms with Gasteiger partial charge in [-0.1, -0.05) is 91.0 Å². The van der Waals surface area contributed by atoms with Crippen molar-refractivity contribution < 1.29 is 23.7 Å². The second-order valence-electron chi connectivity index (χ2n) is 10.6. The van der Waals surface area contributed by atoms with Crippen LogP contribution in [0.25, 0.3) is 0 Å². The first-order valence-corrected chi connectivity index (χ1v) is 13.2. The number of rotatable bonds is 10. The van der Waals surface area contributed by atoms with E-state index in [9.17, 15) is 10.1 Å². The van der Waals surface area contributed by atoms with Crippen LogP contribution >= 0.6 is 0 Å². The molecule has 1 aliphatic rings. The lowest BCUT2D eigenvalue weighted by atomic mass is 10.1. The van der Waals surface area contributed by atoms with Crippen molar-refractivity contribution >= 4 is 6.09 Å². The fourth-order valence-corrected chi connectivity index (χ4v) is 4.59. The fraction of sp³-hybridized carbons (Fsp3) is 0.375. The van der Waals surface area contributed by atoms with Crippen LogP contribution in [0.4, 0.5) is 4.79 Å². The third-order valence-electron chi connectivity index (χ3n) is 6.38. The molecule has 0 aromatic heterocycles. The predicted molar refractivity (Wildman–Crippen MR) is 147 cm³/mol. The van der Waals surface area contributed by atoms with Crippen LogP contribution in [0.2, 0.25) is 0 Å². The highest BCUT2D eigenvalue weighted by Gasteiger charge is 2.54. The molecule has 7 heteroatoms. The molecular weight excluding hydrogens is 492 g/mol. The van der Waals surface area contributed by atoms with Crippen molar-refractivity contribution in [2.45, 2.75) is 70.5 Å². The summed E-state index contributed by atoms with van der Waals surface area (Å²) in [4.78, 5) is 14.9. The lowest BCUT2D eigenvalue weighted by Crippen LogP contribution is -2.48. The molecule has 1 aliphatic heterocycles. The van der Waals surface area contributed by atoms with Gasteiger partial charge in [0, 0.05) is 0 Å². The Morgan fingerprint density at radius 2 is 1.23 bits per heavy atom. The van der Waals surface area contributed by atoms with E-state index >= 15 is 0 Å². The molecular formula is C32H36N2O5. The van der Waals surface area contributed by atoms with Gasteiger partial charge in [0.15, 0.2) is 6.04 Å². The van der Waals surface area contributed by atoms with Crippen molar-refractivity contribution in [3.63, 3.8) is 0 Å². The summed E-state index contributed by atoms with van der Waals surface area (Å²) in [6.45, 7) is 6.48. The molecule has 4 atom stereocenters. The Balaban J connectivity index is 1.62. The van der Waals surface area contributed by atoms with E-state index in [4.69, 9.17) is 18.9 Å². The van der Waals surface area contributed by atoms with Gasteiger partial charge in [0.1, 0.15) is 17.8 Å². The van der Waals surface area contributed by atoms with Gasteiger partial charge in [0.05, 0.1) is 38.5 Å². The van der Waals surface area contributed by atoms with Gasteiger partial charge >= 0.3 is 6.09 Å². The van der Waals surface area contributed by atoms with Crippen LogP contribution in [0.15, 0.2) is 91.0 Å². The molecule has 1 saturated heterocycles. The Kier molecular flexibility index (Phi) is 9.72. The van der Waals surface area contributed by atoms with Crippen molar-refractivity contribution in [2.24, 2.45) is 0 Å². The lowest BCUT2D eigenvalue weighted by Gasteiger charge is -2.31. The molecule has 0 unspecified atom stereocenters. The third kappa shape index (κ3) is 7.90. The normalized spacial score (nSPS) is 20.9. The van der Waals surface area contributed by atoms with Crippen LogP contribution < -0.4 is 0 Å². The molecule has 1 heterocycles. The number of amides is 1. The minimum absolute atomic E-state index is 0.150. The molecule has 3 aromatic carbocycles. The molecule has 0 aliphatic carbocycles. The minimum atomic E-state index is -0.922. The Hall–Kier alpha value is -3.70. The lowest BCUT2D eigenvalue weighted by molar-refractivity contribution is -0.0841. The van der Waals surface area contributed by atoms with Gasteiger partial charge in [-0.25, -0.2) is 4.79 Å². The maximum atomic E-state index is 13.5. The quantitative estimate of drug-likeness (QED) is 0.327. The van der Waals surface area contributed by atoms with Gasteiger partial charge in [-0.2, -0.15) is 5.26 Å². The number of carbonyl (C=O) groups excluding carboxylic acids is 1. The van der Waals surface area contributed by atoms with Crippen molar-refractivity contribution in [3.05, 3.63) is 108 Å². The Labute approximate surface area is 230 Å². The van der Waals surface area contributed by atoms with Gasteiger partial charge in [0.2, 0.25) is 0 Å². The number of likely N-dealkylation sites (tertiary alicyclic amines) is 1. The molecule has 0 saturated carbocycles. The van der Waals surface area contributed by atoms with Crippen molar-refractivity contribution in [1.82, 2.24) is 4.90 Å². The number of benzene rings is 3. The molecule has 0 bridgehead atoms. The Morgan fingerprint density at radius 1 is 0.769 bits per heavy atom. The number of nitriles is 1. The summed E-state index contributed by atoms with van der Waals surface area (Å²) < 4.78 is 24.6. The number of carbonyl (C=O) groups is 1. The topological polar surface area (TPSA) is 81.0 Å². The van der Waals surface area contributed by atoms with Crippen molar-refractivity contribution in [1.29, 1.82) is 5.26 Å². The zero-order valence-corrected chi connectivity index (χ0v) is 22.7. The molecule has 39 heavy (non-hydrogen) atoms. The molecule has 1 amide bonds. The van der Waals surface area contributed by atoms with Crippen LogP contribution in [0, 0.1) is 11.3 Å². The monoisotopic (exact) mass is 528 g/mol. The molecule has 204 valence electrons. The van der Waals surface area contributed by atoms with Crippen LogP contribution in [0.1, 0.15) is 37.5 Å². The van der Waals surface area contributed by atoms with E-state index in [-0.39, 0.29) is 13.2 Å². The summed E-state index contributed by atoms with van der Waals surface area (Å²) in [5.74, 6) is 0. The second-order valence-corrected chi connectivity index (χ2v) is 10.6. The second kappa shape index (κ2) is 13.4. The van der Waals surface area contributed by atoms with E-state index in [1.807, 2.05) is 91.0 Å². The largest absolute Gasteiger partial charge is 0.444 e. The summed E-state index contributed by atoms with van der Waals surface area (Å²) in [7, 11) is 0. The smallest absolute Gasteiger partial charge is 0.411 e. The zero-order chi connectivity index (χ0) is 27.7. The third-order valence-corrected chi connectivity index (χ3v) is 6.38. The minimum Gasteiger partial charge on any atom is -0.444 e. The summed E-state index contributed by atoms with van der Waals surface area (Å²) >= 11 is 0. The van der Waals surface area contributed by atoms with Gasteiger partial charge in [-0.3, -0.25) is 4.90 Å². The number of ether oxygens (including phenoxy) is 4. The van der Waals surface area contributed by atoms with E-state index in [0.29, 0.717) is 13.2 Å². The summed E-state index contributed by atoms with van der Waals surface area (Å²) in [5.41, 5.74) is 2.21. The summed E-state index contributed by atoms with van der Waals surface area (Å²) in [6, 6.07) is 30.1. The molecule has 7 nitrogen and oxygen atoms in total. The SMILES string of the molecule is CC(C)(C)OC(=O)N1[C@H](C#N)[C@@H](OCc2ccccc2)[C@@H](OCc2ccccc2)[C@H]1COCc1ccccc1. The van der Waals surface area contributed by atoms with Gasteiger partial charge in [-0.15, -0.1) is 0 Å². The maximum absolute atomic E-state index is 13.5. The first-order chi connectivity index (χ1) is 18.9. The van der Waals surface area contributed by atoms with Crippen molar-refractivity contribution in [3.8, 4) is 6.07 Å². The number of hydrogen-bond donors (Lipinski definition) is 0. The molecule has 3 aromatic rings. The molecule has 0 radical (unpaired) electrons. The molecule has 0 N–H and O–H groups in total. The van der Waals surface area contributed by atoms with Crippen LogP contribution in [-0.4, -0.2) is 47.5 Å². The average molecular weight is 529 g/mol. The summed E-state index contributed by atoms with van der Waals surface area (Å²) in [6.07, 6.45) is -1.93. The van der Waals surface area contributed by atoms with E-state index < -0.39 is 36.0 Å². The average Bonchev–Trinajstić information content (AvgIpc) is 3.23. The Morgan fingerprint density at radius 3 is 1.69 bits per heavy atom. The van der Waals surface area contributed by atoms with Crippen LogP contribution in [0.3, 0.4) is 0 Å². The van der Waals surface area contributed by atoms with E-state index in [1.165, 1.54) is 4.90 Å². The fourth-order valence-electron chi connectivity index (χ4n) is 4.59. The number of hydrogen-bond acceptors (Lipinski definition) is 6. The van der Waals surface area contributed by atoms with E-state index in [2.05, 4.69) is 6.07 Å².